The highest BCUT2D eigenvalue weighted by Gasteiger charge is 2.06. The van der Waals surface area contributed by atoms with Crippen LogP contribution in [-0.2, 0) is 6.61 Å². The molecule has 6 nitrogen and oxygen atoms in total. The SMILES string of the molecule is COc1ccc(/C=N\n2cn[nH]c2=S)cc1OCc1ccc(C)cc1. The second-order valence-corrected chi connectivity index (χ2v) is 5.82. The molecule has 1 heterocycles. The summed E-state index contributed by atoms with van der Waals surface area (Å²) in [4.78, 5) is 0. The number of aromatic nitrogens is 3. The predicted octanol–water partition coefficient (Wildman–Crippen LogP) is 3.72. The molecule has 0 bridgehead atoms. The molecular formula is C18H18N4O2S. The van der Waals surface area contributed by atoms with Gasteiger partial charge in [-0.15, -0.1) is 0 Å². The Kier molecular flexibility index (Phi) is 5.25. The zero-order valence-electron chi connectivity index (χ0n) is 14.0. The highest BCUT2D eigenvalue weighted by molar-refractivity contribution is 7.71. The number of methoxy groups -OCH3 is 1. The minimum atomic E-state index is 0.431. The van der Waals surface area contributed by atoms with E-state index in [1.807, 2.05) is 30.3 Å². The maximum atomic E-state index is 5.92. The maximum Gasteiger partial charge on any atom is 0.216 e. The zero-order chi connectivity index (χ0) is 17.6. The summed E-state index contributed by atoms with van der Waals surface area (Å²) in [7, 11) is 1.62. The van der Waals surface area contributed by atoms with Crippen molar-refractivity contribution in [3.8, 4) is 11.5 Å². The fourth-order valence-corrected chi connectivity index (χ4v) is 2.33. The van der Waals surface area contributed by atoms with Crippen molar-refractivity contribution in [1.82, 2.24) is 14.9 Å². The van der Waals surface area contributed by atoms with Crippen LogP contribution in [0.4, 0.5) is 0 Å². The Bertz CT molecular complexity index is 929. The fourth-order valence-electron chi connectivity index (χ4n) is 2.19. The monoisotopic (exact) mass is 354 g/mol. The van der Waals surface area contributed by atoms with E-state index in [-0.39, 0.29) is 0 Å². The van der Waals surface area contributed by atoms with Crippen molar-refractivity contribution in [1.29, 1.82) is 0 Å². The van der Waals surface area contributed by atoms with E-state index >= 15 is 0 Å². The molecule has 0 aliphatic heterocycles. The summed E-state index contributed by atoms with van der Waals surface area (Å²) in [5, 5.41) is 10.7. The lowest BCUT2D eigenvalue weighted by Gasteiger charge is -2.11. The Labute approximate surface area is 150 Å². The number of nitrogens with one attached hydrogen (secondary N) is 1. The van der Waals surface area contributed by atoms with Crippen LogP contribution in [0, 0.1) is 11.7 Å². The van der Waals surface area contributed by atoms with Gasteiger partial charge in [0.25, 0.3) is 0 Å². The van der Waals surface area contributed by atoms with Gasteiger partial charge >= 0.3 is 0 Å². The average molecular weight is 354 g/mol. The number of ether oxygens (including phenoxy) is 2. The van der Waals surface area contributed by atoms with Crippen LogP contribution >= 0.6 is 12.2 Å². The smallest absolute Gasteiger partial charge is 0.216 e. The summed E-state index contributed by atoms with van der Waals surface area (Å²) in [5.41, 5.74) is 3.18. The molecular weight excluding hydrogens is 336 g/mol. The van der Waals surface area contributed by atoms with E-state index < -0.39 is 0 Å². The van der Waals surface area contributed by atoms with E-state index in [0.29, 0.717) is 22.9 Å². The van der Waals surface area contributed by atoms with Crippen molar-refractivity contribution < 1.29 is 9.47 Å². The minimum Gasteiger partial charge on any atom is -0.493 e. The lowest BCUT2D eigenvalue weighted by molar-refractivity contribution is 0.284. The largest absolute Gasteiger partial charge is 0.493 e. The summed E-state index contributed by atoms with van der Waals surface area (Å²) in [5.74, 6) is 1.33. The molecule has 0 atom stereocenters. The molecule has 128 valence electrons. The Balaban J connectivity index is 1.77. The number of rotatable bonds is 6. The number of hydrogen-bond acceptors (Lipinski definition) is 5. The van der Waals surface area contributed by atoms with Gasteiger partial charge in [0.2, 0.25) is 4.77 Å². The van der Waals surface area contributed by atoms with Crippen molar-refractivity contribution in [2.75, 3.05) is 7.11 Å². The van der Waals surface area contributed by atoms with Crippen LogP contribution in [-0.4, -0.2) is 28.2 Å². The molecule has 0 fully saturated rings. The molecule has 0 unspecified atom stereocenters. The van der Waals surface area contributed by atoms with E-state index in [9.17, 15) is 0 Å². The number of hydrogen-bond donors (Lipinski definition) is 1. The molecule has 2 aromatic carbocycles. The van der Waals surface area contributed by atoms with E-state index in [2.05, 4.69) is 34.4 Å². The van der Waals surface area contributed by atoms with Crippen LogP contribution in [0.25, 0.3) is 0 Å². The summed E-state index contributed by atoms with van der Waals surface area (Å²) >= 11 is 5.06. The highest BCUT2D eigenvalue weighted by Crippen LogP contribution is 2.28. The van der Waals surface area contributed by atoms with Gasteiger partial charge in [-0.05, 0) is 48.5 Å². The van der Waals surface area contributed by atoms with Crippen LogP contribution in [0.1, 0.15) is 16.7 Å². The zero-order valence-corrected chi connectivity index (χ0v) is 14.8. The molecule has 7 heteroatoms. The molecule has 0 amide bonds. The highest BCUT2D eigenvalue weighted by atomic mass is 32.1. The van der Waals surface area contributed by atoms with Crippen molar-refractivity contribution in [2.24, 2.45) is 5.10 Å². The van der Waals surface area contributed by atoms with Gasteiger partial charge in [-0.3, -0.25) is 5.10 Å². The van der Waals surface area contributed by atoms with Gasteiger partial charge in [-0.2, -0.15) is 14.9 Å². The number of aryl methyl sites for hydroxylation is 1. The number of aromatic amines is 1. The molecule has 3 aromatic rings. The molecule has 0 saturated heterocycles. The first-order chi connectivity index (χ1) is 12.2. The van der Waals surface area contributed by atoms with Gasteiger partial charge in [0.15, 0.2) is 11.5 Å². The van der Waals surface area contributed by atoms with Crippen LogP contribution < -0.4 is 9.47 Å². The van der Waals surface area contributed by atoms with Crippen molar-refractivity contribution in [3.05, 3.63) is 70.3 Å². The standard InChI is InChI=1S/C18H18N4O2S/c1-13-3-5-14(6-4-13)11-24-17-9-15(7-8-16(17)23-2)10-20-22-12-19-21-18(22)25/h3-10,12H,11H2,1-2H3,(H,21,25)/b20-10-. The van der Waals surface area contributed by atoms with Crippen LogP contribution in [0.2, 0.25) is 0 Å². The minimum absolute atomic E-state index is 0.431. The Hall–Kier alpha value is -2.93. The van der Waals surface area contributed by atoms with Gasteiger partial charge in [0.1, 0.15) is 12.9 Å². The summed E-state index contributed by atoms with van der Waals surface area (Å²) < 4.78 is 13.2. The molecule has 1 N–H and O–H groups in total. The molecule has 1 aromatic heterocycles. The average Bonchev–Trinajstić information content (AvgIpc) is 3.04. The third kappa shape index (κ3) is 4.33. The molecule has 25 heavy (non-hydrogen) atoms. The Morgan fingerprint density at radius 3 is 2.68 bits per heavy atom. The van der Waals surface area contributed by atoms with Crippen molar-refractivity contribution >= 4 is 18.4 Å². The van der Waals surface area contributed by atoms with Crippen LogP contribution in [0.3, 0.4) is 0 Å². The topological polar surface area (TPSA) is 64.4 Å². The normalized spacial score (nSPS) is 11.0. The Morgan fingerprint density at radius 2 is 2.00 bits per heavy atom. The van der Waals surface area contributed by atoms with Gasteiger partial charge in [0.05, 0.1) is 13.3 Å². The fraction of sp³-hybridized carbons (Fsp3) is 0.167. The predicted molar refractivity (Wildman–Crippen MR) is 98.9 cm³/mol. The van der Waals surface area contributed by atoms with Gasteiger partial charge in [0, 0.05) is 0 Å². The second-order valence-electron chi connectivity index (χ2n) is 5.44. The van der Waals surface area contributed by atoms with Gasteiger partial charge < -0.3 is 9.47 Å². The third-order valence-corrected chi connectivity index (χ3v) is 3.85. The number of benzene rings is 2. The molecule has 0 radical (unpaired) electrons. The quantitative estimate of drug-likeness (QED) is 0.541. The third-order valence-electron chi connectivity index (χ3n) is 3.57. The molecule has 0 aliphatic rings. The number of H-pyrrole nitrogens is 1. The van der Waals surface area contributed by atoms with E-state index in [0.717, 1.165) is 11.1 Å². The first kappa shape index (κ1) is 16.9. The van der Waals surface area contributed by atoms with E-state index in [1.54, 1.807) is 13.3 Å². The number of nitrogens with zero attached hydrogens (tertiary/aromatic N) is 3. The molecule has 0 aliphatic carbocycles. The summed E-state index contributed by atoms with van der Waals surface area (Å²) in [6.45, 7) is 2.52. The molecule has 3 rings (SSSR count). The van der Waals surface area contributed by atoms with Crippen molar-refractivity contribution in [3.63, 3.8) is 0 Å². The van der Waals surface area contributed by atoms with Crippen molar-refractivity contribution in [2.45, 2.75) is 13.5 Å². The Morgan fingerprint density at radius 1 is 1.20 bits per heavy atom. The molecule has 0 spiro atoms. The van der Waals surface area contributed by atoms with E-state index in [4.69, 9.17) is 21.7 Å². The van der Waals surface area contributed by atoms with Crippen LogP contribution in [0.15, 0.2) is 53.9 Å². The van der Waals surface area contributed by atoms with Gasteiger partial charge in [-0.25, -0.2) is 0 Å². The first-order valence-corrected chi connectivity index (χ1v) is 8.09. The molecule has 0 saturated carbocycles. The van der Waals surface area contributed by atoms with E-state index in [1.165, 1.54) is 16.6 Å². The lowest BCUT2D eigenvalue weighted by atomic mass is 10.1. The first-order valence-electron chi connectivity index (χ1n) is 7.68. The van der Waals surface area contributed by atoms with Gasteiger partial charge in [-0.1, -0.05) is 29.8 Å². The second kappa shape index (κ2) is 7.76. The summed E-state index contributed by atoms with van der Waals surface area (Å²) in [6, 6.07) is 13.8. The maximum absolute atomic E-state index is 5.92. The summed E-state index contributed by atoms with van der Waals surface area (Å²) in [6.07, 6.45) is 3.20. The van der Waals surface area contributed by atoms with Crippen LogP contribution in [0.5, 0.6) is 11.5 Å². The lowest BCUT2D eigenvalue weighted by Crippen LogP contribution is -1.99.